The van der Waals surface area contributed by atoms with Crippen LogP contribution in [0.4, 0.5) is 16.2 Å². The molecule has 0 saturated carbocycles. The fourth-order valence-corrected chi connectivity index (χ4v) is 3.11. The second-order valence-electron chi connectivity index (χ2n) is 5.82. The molecule has 3 rings (SSSR count). The first kappa shape index (κ1) is 15.7. The maximum absolute atomic E-state index is 12.1. The Bertz CT molecular complexity index is 677. The van der Waals surface area contributed by atoms with Crippen molar-refractivity contribution in [2.45, 2.75) is 25.9 Å². The molecule has 1 N–H and O–H groups in total. The quantitative estimate of drug-likeness (QED) is 0.856. The summed E-state index contributed by atoms with van der Waals surface area (Å²) in [6.45, 7) is 2.21. The summed E-state index contributed by atoms with van der Waals surface area (Å²) in [5.74, 6) is -0.132. The van der Waals surface area contributed by atoms with E-state index in [0.717, 1.165) is 29.2 Å². The van der Waals surface area contributed by atoms with Crippen LogP contribution in [0, 0.1) is 0 Å². The summed E-state index contributed by atoms with van der Waals surface area (Å²) in [6.07, 6.45) is 1.03. The molecular weight excluding hydrogens is 314 g/mol. The molecule has 0 spiro atoms. The normalized spacial score (nSPS) is 20.3. The third-order valence-electron chi connectivity index (χ3n) is 4.17. The average molecular weight is 333 g/mol. The molecule has 2 aliphatic rings. The summed E-state index contributed by atoms with van der Waals surface area (Å²) in [7, 11) is 1.97. The lowest BCUT2D eigenvalue weighted by Crippen LogP contribution is -2.33. The summed E-state index contributed by atoms with van der Waals surface area (Å²) >= 11 is 5.34. The zero-order chi connectivity index (χ0) is 16.6. The Kier molecular flexibility index (Phi) is 4.21. The molecule has 0 unspecified atom stereocenters. The smallest absolute Gasteiger partial charge is 0.414 e. The molecule has 0 aromatic heterocycles. The Labute approximate surface area is 140 Å². The van der Waals surface area contributed by atoms with Crippen LogP contribution in [-0.4, -0.2) is 43.2 Å². The van der Waals surface area contributed by atoms with E-state index in [1.54, 1.807) is 4.90 Å². The summed E-state index contributed by atoms with van der Waals surface area (Å²) in [5.41, 5.74) is 3.09. The number of rotatable bonds is 3. The number of nitrogens with one attached hydrogen (secondary N) is 1. The maximum atomic E-state index is 12.1. The first-order chi connectivity index (χ1) is 11.0. The molecule has 1 saturated heterocycles. The van der Waals surface area contributed by atoms with Gasteiger partial charge in [-0.15, -0.1) is 0 Å². The predicted molar refractivity (Wildman–Crippen MR) is 92.1 cm³/mol. The number of nitrogens with zero attached hydrogens (tertiary/aromatic N) is 2. The highest BCUT2D eigenvalue weighted by Gasteiger charge is 2.33. The van der Waals surface area contributed by atoms with Crippen molar-refractivity contribution >= 4 is 40.6 Å². The number of aryl methyl sites for hydroxylation is 1. The molecule has 122 valence electrons. The Balaban J connectivity index is 1.76. The van der Waals surface area contributed by atoms with Gasteiger partial charge in [0.2, 0.25) is 5.91 Å². The number of amides is 2. The lowest BCUT2D eigenvalue weighted by Gasteiger charge is -2.29. The summed E-state index contributed by atoms with van der Waals surface area (Å²) in [6, 6.07) is 5.92. The van der Waals surface area contributed by atoms with E-state index in [9.17, 15) is 9.59 Å². The fourth-order valence-electron chi connectivity index (χ4n) is 2.91. The highest BCUT2D eigenvalue weighted by molar-refractivity contribution is 7.80. The molecule has 1 aromatic rings. The molecule has 6 nitrogen and oxygen atoms in total. The van der Waals surface area contributed by atoms with Gasteiger partial charge in [0.25, 0.3) is 0 Å². The van der Waals surface area contributed by atoms with Crippen molar-refractivity contribution in [3.05, 3.63) is 23.8 Å². The lowest BCUT2D eigenvalue weighted by molar-refractivity contribution is -0.119. The van der Waals surface area contributed by atoms with Crippen LogP contribution in [0.15, 0.2) is 18.2 Å². The van der Waals surface area contributed by atoms with Crippen molar-refractivity contribution in [1.29, 1.82) is 0 Å². The van der Waals surface area contributed by atoms with Gasteiger partial charge in [-0.05, 0) is 30.2 Å². The van der Waals surface area contributed by atoms with Gasteiger partial charge in [-0.25, -0.2) is 4.79 Å². The number of carbonyl (C=O) groups excluding carboxylic acids is 2. The third-order valence-corrected chi connectivity index (χ3v) is 4.65. The number of anilines is 2. The number of fused-ring (bicyclic) bond motifs is 1. The lowest BCUT2D eigenvalue weighted by atomic mass is 10.0. The number of thiocarbonyl (C=S) groups is 1. The highest BCUT2D eigenvalue weighted by Crippen LogP contribution is 2.32. The van der Waals surface area contributed by atoms with Crippen LogP contribution in [0.25, 0.3) is 0 Å². The summed E-state index contributed by atoms with van der Waals surface area (Å²) < 4.78 is 5.30. The van der Waals surface area contributed by atoms with Crippen molar-refractivity contribution in [2.24, 2.45) is 0 Å². The predicted octanol–water partition coefficient (Wildman–Crippen LogP) is 1.86. The number of benzene rings is 1. The van der Waals surface area contributed by atoms with Crippen LogP contribution < -0.4 is 15.1 Å². The van der Waals surface area contributed by atoms with Gasteiger partial charge in [-0.3, -0.25) is 9.69 Å². The minimum absolute atomic E-state index is 0.132. The number of hydrogen-bond acceptors (Lipinski definition) is 4. The molecule has 2 amide bonds. The van der Waals surface area contributed by atoms with Crippen molar-refractivity contribution in [3.63, 3.8) is 0 Å². The zero-order valence-electron chi connectivity index (χ0n) is 13.2. The Hall–Kier alpha value is -2.15. The van der Waals surface area contributed by atoms with Gasteiger partial charge in [0.15, 0.2) is 0 Å². The van der Waals surface area contributed by atoms with Gasteiger partial charge in [-0.1, -0.05) is 12.2 Å². The van der Waals surface area contributed by atoms with Crippen molar-refractivity contribution in [1.82, 2.24) is 5.32 Å². The highest BCUT2D eigenvalue weighted by atomic mass is 32.1. The van der Waals surface area contributed by atoms with Crippen molar-refractivity contribution in [3.8, 4) is 0 Å². The van der Waals surface area contributed by atoms with Crippen molar-refractivity contribution < 1.29 is 14.3 Å². The molecule has 23 heavy (non-hydrogen) atoms. The van der Waals surface area contributed by atoms with E-state index >= 15 is 0 Å². The molecule has 2 heterocycles. The molecule has 0 bridgehead atoms. The Morgan fingerprint density at radius 2 is 2.22 bits per heavy atom. The Morgan fingerprint density at radius 3 is 2.96 bits per heavy atom. The van der Waals surface area contributed by atoms with Gasteiger partial charge in [0.05, 0.1) is 18.1 Å². The molecule has 0 radical (unpaired) electrons. The second-order valence-corrected chi connectivity index (χ2v) is 6.29. The van der Waals surface area contributed by atoms with E-state index in [4.69, 9.17) is 17.0 Å². The molecule has 1 fully saturated rings. The van der Waals surface area contributed by atoms with Gasteiger partial charge in [0.1, 0.15) is 6.10 Å². The minimum Gasteiger partial charge on any atom is -0.442 e. The first-order valence-electron chi connectivity index (χ1n) is 7.58. The number of carbonyl (C=O) groups is 2. The van der Waals surface area contributed by atoms with Gasteiger partial charge < -0.3 is 15.0 Å². The molecular formula is C16H19N3O3S. The van der Waals surface area contributed by atoms with E-state index in [1.165, 1.54) is 12.5 Å². The molecule has 2 aliphatic heterocycles. The minimum atomic E-state index is -0.375. The monoisotopic (exact) mass is 333 g/mol. The van der Waals surface area contributed by atoms with E-state index in [-0.39, 0.29) is 18.1 Å². The van der Waals surface area contributed by atoms with E-state index in [1.807, 2.05) is 30.1 Å². The van der Waals surface area contributed by atoms with Crippen molar-refractivity contribution in [2.75, 3.05) is 29.9 Å². The zero-order valence-corrected chi connectivity index (χ0v) is 14.0. The van der Waals surface area contributed by atoms with E-state index in [0.29, 0.717) is 13.1 Å². The van der Waals surface area contributed by atoms with Crippen LogP contribution in [0.2, 0.25) is 0 Å². The largest absolute Gasteiger partial charge is 0.442 e. The second kappa shape index (κ2) is 6.16. The topological polar surface area (TPSA) is 61.9 Å². The van der Waals surface area contributed by atoms with Crippen LogP contribution in [-0.2, 0) is 16.0 Å². The van der Waals surface area contributed by atoms with E-state index < -0.39 is 0 Å². The van der Waals surface area contributed by atoms with Crippen LogP contribution in [0.1, 0.15) is 18.9 Å². The van der Waals surface area contributed by atoms with Gasteiger partial charge >= 0.3 is 6.09 Å². The molecule has 1 atom stereocenters. The maximum Gasteiger partial charge on any atom is 0.414 e. The van der Waals surface area contributed by atoms with Crippen LogP contribution in [0.3, 0.4) is 0 Å². The summed E-state index contributed by atoms with van der Waals surface area (Å²) in [4.78, 5) is 27.6. The Morgan fingerprint density at radius 1 is 1.43 bits per heavy atom. The fraction of sp³-hybridized carbons (Fsp3) is 0.438. The standard InChI is InChI=1S/C16H19N3O3S/c1-10(20)17-8-13-9-19(16(21)22-13)12-4-5-14-11(7-12)3-6-15(23)18(14)2/h4-5,7,13H,3,6,8-9H2,1-2H3,(H,17,20)/t13-/m0/s1. The summed E-state index contributed by atoms with van der Waals surface area (Å²) in [5, 5.41) is 2.68. The number of cyclic esters (lactones) is 1. The van der Waals surface area contributed by atoms with Crippen LogP contribution >= 0.6 is 12.2 Å². The number of ether oxygens (including phenoxy) is 1. The molecule has 1 aromatic carbocycles. The van der Waals surface area contributed by atoms with E-state index in [2.05, 4.69) is 5.32 Å². The van der Waals surface area contributed by atoms with Gasteiger partial charge in [-0.2, -0.15) is 0 Å². The third kappa shape index (κ3) is 3.14. The first-order valence-corrected chi connectivity index (χ1v) is 7.98. The molecule has 7 heteroatoms. The van der Waals surface area contributed by atoms with Crippen LogP contribution in [0.5, 0.6) is 0 Å². The number of hydrogen-bond donors (Lipinski definition) is 1. The molecule has 0 aliphatic carbocycles. The van der Waals surface area contributed by atoms with Gasteiger partial charge in [0, 0.05) is 31.8 Å². The SMILES string of the molecule is CC(=O)NC[C@H]1CN(c2ccc3c(c2)CCC(=S)N3C)C(=O)O1. The average Bonchev–Trinajstić information content (AvgIpc) is 2.90.